The molecule has 0 unspecified atom stereocenters. The monoisotopic (exact) mass is 298 g/mol. The van der Waals surface area contributed by atoms with Crippen molar-refractivity contribution in [3.63, 3.8) is 0 Å². The van der Waals surface area contributed by atoms with Gasteiger partial charge in [0.05, 0.1) is 12.7 Å². The van der Waals surface area contributed by atoms with Crippen molar-refractivity contribution in [1.82, 2.24) is 25.0 Å². The lowest BCUT2D eigenvalue weighted by Gasteiger charge is -2.06. The largest absolute Gasteiger partial charge is 0.338 e. The van der Waals surface area contributed by atoms with Crippen LogP contribution in [-0.4, -0.2) is 31.6 Å². The molecule has 1 aliphatic rings. The summed E-state index contributed by atoms with van der Waals surface area (Å²) in [4.78, 5) is 8.54. The maximum absolute atomic E-state index is 12.3. The molecule has 1 aliphatic carbocycles. The van der Waals surface area contributed by atoms with Gasteiger partial charge >= 0.3 is 0 Å². The first kappa shape index (κ1) is 13.1. The van der Waals surface area contributed by atoms with Gasteiger partial charge in [-0.05, 0) is 30.5 Å². The van der Waals surface area contributed by atoms with Crippen LogP contribution in [0.3, 0.4) is 0 Å². The van der Waals surface area contributed by atoms with Gasteiger partial charge in [-0.15, -0.1) is 5.10 Å². The third kappa shape index (κ3) is 2.38. The zero-order valence-electron chi connectivity index (χ0n) is 11.9. The zero-order chi connectivity index (χ0) is 14.9. The molecule has 1 saturated carbocycles. The number of fused-ring (bicyclic) bond motifs is 1. The molecule has 0 saturated heterocycles. The number of aryl methyl sites for hydroxylation is 1. The molecule has 0 bridgehead atoms. The summed E-state index contributed by atoms with van der Waals surface area (Å²) in [5, 5.41) is 11.6. The van der Waals surface area contributed by atoms with Crippen LogP contribution in [0.25, 0.3) is 11.2 Å². The van der Waals surface area contributed by atoms with E-state index in [-0.39, 0.29) is 6.67 Å². The molecule has 2 aromatic heterocycles. The average Bonchev–Trinajstić information content (AvgIpc) is 3.29. The normalized spacial score (nSPS) is 14.4. The molecular formula is C15H15FN6. The Bertz CT molecular complexity index is 793. The van der Waals surface area contributed by atoms with Gasteiger partial charge in [-0.25, -0.2) is 14.6 Å². The number of nitrogens with zero attached hydrogens (tertiary/aromatic N) is 5. The van der Waals surface area contributed by atoms with E-state index in [9.17, 15) is 4.39 Å². The van der Waals surface area contributed by atoms with E-state index in [1.54, 1.807) is 0 Å². The molecule has 0 aliphatic heterocycles. The van der Waals surface area contributed by atoms with E-state index in [1.807, 2.05) is 28.9 Å². The summed E-state index contributed by atoms with van der Waals surface area (Å²) >= 11 is 0. The molecule has 1 aromatic carbocycles. The van der Waals surface area contributed by atoms with Crippen LogP contribution in [0.4, 0.5) is 15.9 Å². The number of anilines is 2. The van der Waals surface area contributed by atoms with E-state index in [4.69, 9.17) is 0 Å². The molecule has 0 spiro atoms. The lowest BCUT2D eigenvalue weighted by molar-refractivity contribution is 0.495. The smallest absolute Gasteiger partial charge is 0.184 e. The Labute approximate surface area is 126 Å². The lowest BCUT2D eigenvalue weighted by atomic mass is 10.1. The highest BCUT2D eigenvalue weighted by atomic mass is 19.1. The first-order valence-corrected chi connectivity index (χ1v) is 7.33. The summed E-state index contributed by atoms with van der Waals surface area (Å²) in [7, 11) is 0. The number of hydrogen-bond donors (Lipinski definition) is 1. The Morgan fingerprint density at radius 1 is 1.18 bits per heavy atom. The van der Waals surface area contributed by atoms with E-state index in [1.165, 1.54) is 6.33 Å². The SMILES string of the molecule is FCCc1ccc(Nc2ncnc3c2nnn3C2CC2)cc1. The van der Waals surface area contributed by atoms with Gasteiger partial charge < -0.3 is 5.32 Å². The Morgan fingerprint density at radius 3 is 2.73 bits per heavy atom. The quantitative estimate of drug-likeness (QED) is 0.784. The molecule has 0 amide bonds. The van der Waals surface area contributed by atoms with Crippen molar-refractivity contribution in [1.29, 1.82) is 0 Å². The first-order chi connectivity index (χ1) is 10.8. The zero-order valence-corrected chi connectivity index (χ0v) is 11.9. The summed E-state index contributed by atoms with van der Waals surface area (Å²) in [6.45, 7) is -0.344. The second kappa shape index (κ2) is 5.32. The van der Waals surface area contributed by atoms with Crippen LogP contribution >= 0.6 is 0 Å². The Hall–Kier alpha value is -2.57. The highest BCUT2D eigenvalue weighted by Gasteiger charge is 2.27. The predicted molar refractivity (Wildman–Crippen MR) is 80.8 cm³/mol. The summed E-state index contributed by atoms with van der Waals surface area (Å²) in [5.74, 6) is 0.634. The van der Waals surface area contributed by atoms with Crippen molar-refractivity contribution < 1.29 is 4.39 Å². The minimum atomic E-state index is -0.344. The molecule has 3 aromatic rings. The number of alkyl halides is 1. The van der Waals surface area contributed by atoms with Crippen LogP contribution in [0.2, 0.25) is 0 Å². The number of rotatable bonds is 5. The summed E-state index contributed by atoms with van der Waals surface area (Å²) in [6.07, 6.45) is 4.21. The number of benzene rings is 1. The molecule has 2 heterocycles. The molecular weight excluding hydrogens is 283 g/mol. The summed E-state index contributed by atoms with van der Waals surface area (Å²) in [6, 6.07) is 8.05. The standard InChI is InChI=1S/C15H15FN6/c16-8-7-10-1-3-11(4-2-10)19-14-13-15(18-9-17-14)22(21-20-13)12-5-6-12/h1-4,9,12H,5-8H2,(H,17,18,19). The third-order valence-corrected chi connectivity index (χ3v) is 3.75. The van der Waals surface area contributed by atoms with Gasteiger partial charge in [0.1, 0.15) is 6.33 Å². The van der Waals surface area contributed by atoms with Crippen LogP contribution in [0.1, 0.15) is 24.4 Å². The van der Waals surface area contributed by atoms with Crippen molar-refractivity contribution in [2.24, 2.45) is 0 Å². The fourth-order valence-electron chi connectivity index (χ4n) is 2.42. The van der Waals surface area contributed by atoms with Crippen LogP contribution in [-0.2, 0) is 6.42 Å². The number of halogens is 1. The highest BCUT2D eigenvalue weighted by molar-refractivity contribution is 5.84. The molecule has 1 N–H and O–H groups in total. The van der Waals surface area contributed by atoms with E-state index in [2.05, 4.69) is 25.6 Å². The Morgan fingerprint density at radius 2 is 2.00 bits per heavy atom. The van der Waals surface area contributed by atoms with Gasteiger partial charge in [-0.1, -0.05) is 17.3 Å². The van der Waals surface area contributed by atoms with Crippen molar-refractivity contribution in [2.45, 2.75) is 25.3 Å². The second-order valence-corrected chi connectivity index (χ2v) is 5.42. The molecule has 112 valence electrons. The van der Waals surface area contributed by atoms with Crippen molar-refractivity contribution in [3.8, 4) is 0 Å². The van der Waals surface area contributed by atoms with Gasteiger partial charge in [-0.2, -0.15) is 0 Å². The molecule has 4 rings (SSSR count). The molecule has 7 heteroatoms. The van der Waals surface area contributed by atoms with E-state index in [0.717, 1.165) is 29.7 Å². The molecule has 22 heavy (non-hydrogen) atoms. The number of hydrogen-bond acceptors (Lipinski definition) is 5. The van der Waals surface area contributed by atoms with Gasteiger partial charge in [0.2, 0.25) is 0 Å². The highest BCUT2D eigenvalue weighted by Crippen LogP contribution is 2.36. The maximum atomic E-state index is 12.3. The van der Waals surface area contributed by atoms with Crippen LogP contribution in [0.15, 0.2) is 30.6 Å². The van der Waals surface area contributed by atoms with Crippen LogP contribution in [0, 0.1) is 0 Å². The van der Waals surface area contributed by atoms with Crippen LogP contribution in [0.5, 0.6) is 0 Å². The van der Waals surface area contributed by atoms with E-state index in [0.29, 0.717) is 23.8 Å². The maximum Gasteiger partial charge on any atom is 0.184 e. The Balaban J connectivity index is 1.63. The number of nitrogens with one attached hydrogen (secondary N) is 1. The third-order valence-electron chi connectivity index (χ3n) is 3.75. The van der Waals surface area contributed by atoms with Crippen molar-refractivity contribution in [2.75, 3.05) is 12.0 Å². The van der Waals surface area contributed by atoms with Gasteiger partial charge in [0.15, 0.2) is 17.0 Å². The topological polar surface area (TPSA) is 68.5 Å². The minimum absolute atomic E-state index is 0.344. The molecule has 6 nitrogen and oxygen atoms in total. The van der Waals surface area contributed by atoms with Crippen LogP contribution < -0.4 is 5.32 Å². The minimum Gasteiger partial charge on any atom is -0.338 e. The van der Waals surface area contributed by atoms with Gasteiger partial charge in [0, 0.05) is 12.1 Å². The van der Waals surface area contributed by atoms with Gasteiger partial charge in [0.25, 0.3) is 0 Å². The van der Waals surface area contributed by atoms with Crippen molar-refractivity contribution >= 4 is 22.7 Å². The molecule has 1 fully saturated rings. The van der Waals surface area contributed by atoms with Crippen molar-refractivity contribution in [3.05, 3.63) is 36.2 Å². The van der Waals surface area contributed by atoms with Gasteiger partial charge in [-0.3, -0.25) is 4.39 Å². The summed E-state index contributed by atoms with van der Waals surface area (Å²) in [5.41, 5.74) is 3.28. The second-order valence-electron chi connectivity index (χ2n) is 5.42. The average molecular weight is 298 g/mol. The molecule has 0 atom stereocenters. The first-order valence-electron chi connectivity index (χ1n) is 7.33. The fraction of sp³-hybridized carbons (Fsp3) is 0.333. The summed E-state index contributed by atoms with van der Waals surface area (Å²) < 4.78 is 14.2. The molecule has 0 radical (unpaired) electrons. The fourth-order valence-corrected chi connectivity index (χ4v) is 2.42. The van der Waals surface area contributed by atoms with E-state index < -0.39 is 0 Å². The lowest BCUT2D eigenvalue weighted by Crippen LogP contribution is -1.99. The number of aromatic nitrogens is 5. The van der Waals surface area contributed by atoms with E-state index >= 15 is 0 Å². The Kier molecular flexibility index (Phi) is 3.17. The predicted octanol–water partition coefficient (Wildman–Crippen LogP) is 2.81.